The maximum atomic E-state index is 14.1. The molecule has 2 heterocycles. The van der Waals surface area contributed by atoms with Gasteiger partial charge in [-0.15, -0.1) is 0 Å². The predicted octanol–water partition coefficient (Wildman–Crippen LogP) is 5.60. The number of hydrogen-bond donors (Lipinski definition) is 1. The molecule has 1 amide bonds. The average molecular weight is 507 g/mol. The maximum Gasteiger partial charge on any atom is 0.228 e. The fourth-order valence-corrected chi connectivity index (χ4v) is 6.01. The summed E-state index contributed by atoms with van der Waals surface area (Å²) in [6.07, 6.45) is 7.35. The summed E-state index contributed by atoms with van der Waals surface area (Å²) in [7, 11) is 0. The fourth-order valence-electron chi connectivity index (χ4n) is 6.01. The minimum absolute atomic E-state index is 0.0385. The van der Waals surface area contributed by atoms with Crippen LogP contribution in [0, 0.1) is 5.92 Å². The number of ether oxygens (including phenoxy) is 2. The van der Waals surface area contributed by atoms with E-state index in [1.54, 1.807) is 0 Å². The van der Waals surface area contributed by atoms with E-state index < -0.39 is 0 Å². The molecule has 1 aliphatic carbocycles. The number of para-hydroxylation sites is 1. The van der Waals surface area contributed by atoms with Crippen molar-refractivity contribution in [2.45, 2.75) is 24.3 Å². The van der Waals surface area contributed by atoms with E-state index in [4.69, 9.17) is 9.47 Å². The smallest absolute Gasteiger partial charge is 0.228 e. The summed E-state index contributed by atoms with van der Waals surface area (Å²) in [5, 5.41) is 3.53. The second-order valence-electron chi connectivity index (χ2n) is 10.3. The van der Waals surface area contributed by atoms with E-state index in [1.165, 1.54) is 11.1 Å². The van der Waals surface area contributed by atoms with E-state index in [0.29, 0.717) is 26.3 Å². The summed E-state index contributed by atoms with van der Waals surface area (Å²) >= 11 is 0. The molecule has 3 aromatic rings. The van der Waals surface area contributed by atoms with Crippen molar-refractivity contribution in [1.82, 2.24) is 10.2 Å². The van der Waals surface area contributed by atoms with Crippen molar-refractivity contribution in [3.05, 3.63) is 126 Å². The lowest BCUT2D eigenvalue weighted by Crippen LogP contribution is -2.47. The lowest BCUT2D eigenvalue weighted by atomic mass is 9.80. The van der Waals surface area contributed by atoms with Gasteiger partial charge in [0.05, 0.1) is 25.2 Å². The molecule has 5 nitrogen and oxygen atoms in total. The first-order valence-corrected chi connectivity index (χ1v) is 13.6. The Morgan fingerprint density at radius 3 is 2.39 bits per heavy atom. The average Bonchev–Trinajstić information content (AvgIpc) is 3.48. The van der Waals surface area contributed by atoms with Crippen molar-refractivity contribution >= 4 is 5.91 Å². The molecule has 0 aromatic heterocycles. The van der Waals surface area contributed by atoms with Gasteiger partial charge in [0.1, 0.15) is 11.5 Å². The third kappa shape index (κ3) is 5.17. The summed E-state index contributed by atoms with van der Waals surface area (Å²) in [6, 6.07) is 28.8. The van der Waals surface area contributed by atoms with Gasteiger partial charge < -0.3 is 19.7 Å². The van der Waals surface area contributed by atoms with Crippen molar-refractivity contribution in [1.29, 1.82) is 0 Å². The Morgan fingerprint density at radius 2 is 1.63 bits per heavy atom. The first-order chi connectivity index (χ1) is 18.8. The van der Waals surface area contributed by atoms with Crippen LogP contribution in [0.4, 0.5) is 0 Å². The molecule has 4 atom stereocenters. The lowest BCUT2D eigenvalue weighted by Gasteiger charge is -2.38. The molecule has 2 saturated heterocycles. The quantitative estimate of drug-likeness (QED) is 0.473. The second kappa shape index (κ2) is 11.4. The van der Waals surface area contributed by atoms with E-state index in [1.807, 2.05) is 48.5 Å². The van der Waals surface area contributed by atoms with Crippen LogP contribution in [-0.4, -0.2) is 43.7 Å². The van der Waals surface area contributed by atoms with Gasteiger partial charge in [0.25, 0.3) is 0 Å². The number of benzene rings is 3. The highest BCUT2D eigenvalue weighted by Crippen LogP contribution is 2.39. The number of nitrogens with zero attached hydrogens (tertiary/aromatic N) is 1. The van der Waals surface area contributed by atoms with Crippen molar-refractivity contribution in [2.24, 2.45) is 5.92 Å². The largest absolute Gasteiger partial charge is 0.458 e. The van der Waals surface area contributed by atoms with Gasteiger partial charge in [-0.25, -0.2) is 0 Å². The Bertz CT molecular complexity index is 1300. The molecule has 2 fully saturated rings. The van der Waals surface area contributed by atoms with Gasteiger partial charge in [-0.1, -0.05) is 78.9 Å². The van der Waals surface area contributed by atoms with Crippen LogP contribution in [0.2, 0.25) is 0 Å². The van der Waals surface area contributed by atoms with Crippen molar-refractivity contribution in [3.63, 3.8) is 0 Å². The van der Waals surface area contributed by atoms with Crippen LogP contribution in [0.25, 0.3) is 0 Å². The first-order valence-electron chi connectivity index (χ1n) is 13.6. The Morgan fingerprint density at radius 1 is 0.895 bits per heavy atom. The summed E-state index contributed by atoms with van der Waals surface area (Å²) in [4.78, 5) is 16.1. The first kappa shape index (κ1) is 24.7. The third-order valence-electron chi connectivity index (χ3n) is 7.97. The molecular formula is C33H34N2O3. The van der Waals surface area contributed by atoms with Crippen molar-refractivity contribution in [3.8, 4) is 5.75 Å². The fraction of sp³-hybridized carbons (Fsp3) is 0.303. The molecule has 38 heavy (non-hydrogen) atoms. The minimum Gasteiger partial charge on any atom is -0.458 e. The van der Waals surface area contributed by atoms with E-state index in [9.17, 15) is 4.79 Å². The van der Waals surface area contributed by atoms with Crippen LogP contribution in [0.15, 0.2) is 109 Å². The van der Waals surface area contributed by atoms with Gasteiger partial charge in [-0.2, -0.15) is 0 Å². The standard InChI is InChI=1S/C33H34N2O3/c36-33(35-19-20-37-23-32(35)25-9-3-1-4-10-25)31-22-34-21-30(31)29-14-8-7-13-28(29)24-15-17-27(18-16-24)38-26-11-5-2-6-12-26/h1-15,17-18,24,30-32,34H,16,19-23H2/t24?,30-,31+,32+/m0/s1. The van der Waals surface area contributed by atoms with E-state index in [0.717, 1.165) is 30.0 Å². The third-order valence-corrected chi connectivity index (χ3v) is 7.97. The molecule has 3 aromatic carbocycles. The van der Waals surface area contributed by atoms with Crippen molar-refractivity contribution in [2.75, 3.05) is 32.8 Å². The lowest BCUT2D eigenvalue weighted by molar-refractivity contribution is -0.144. The number of morpholine rings is 1. The van der Waals surface area contributed by atoms with Crippen LogP contribution in [0.3, 0.4) is 0 Å². The van der Waals surface area contributed by atoms with Gasteiger partial charge in [-0.05, 0) is 47.4 Å². The Labute approximate surface area is 224 Å². The number of amides is 1. The maximum absolute atomic E-state index is 14.1. The van der Waals surface area contributed by atoms with Crippen LogP contribution in [0.5, 0.6) is 5.75 Å². The van der Waals surface area contributed by atoms with E-state index >= 15 is 0 Å². The zero-order valence-corrected chi connectivity index (χ0v) is 21.5. The van der Waals surface area contributed by atoms with Gasteiger partial charge >= 0.3 is 0 Å². The van der Waals surface area contributed by atoms with E-state index in [-0.39, 0.29) is 29.7 Å². The molecule has 0 saturated carbocycles. The Kier molecular flexibility index (Phi) is 7.38. The van der Waals surface area contributed by atoms with Crippen molar-refractivity contribution < 1.29 is 14.3 Å². The normalized spacial score (nSPS) is 25.2. The van der Waals surface area contributed by atoms with Gasteiger partial charge in [0, 0.05) is 31.5 Å². The predicted molar refractivity (Wildman–Crippen MR) is 149 cm³/mol. The summed E-state index contributed by atoms with van der Waals surface area (Å²) in [6.45, 7) is 3.27. The van der Waals surface area contributed by atoms with Gasteiger partial charge in [-0.3, -0.25) is 4.79 Å². The highest BCUT2D eigenvalue weighted by molar-refractivity contribution is 5.81. The molecule has 3 aliphatic rings. The molecule has 1 N–H and O–H groups in total. The molecular weight excluding hydrogens is 472 g/mol. The second-order valence-corrected chi connectivity index (χ2v) is 10.3. The number of nitrogens with one attached hydrogen (secondary N) is 1. The molecule has 6 rings (SSSR count). The van der Waals surface area contributed by atoms with E-state index in [2.05, 4.69) is 64.8 Å². The minimum atomic E-state index is -0.0967. The Hall–Kier alpha value is -3.67. The topological polar surface area (TPSA) is 50.8 Å². The zero-order chi connectivity index (χ0) is 25.7. The summed E-state index contributed by atoms with van der Waals surface area (Å²) in [5.74, 6) is 2.24. The molecule has 194 valence electrons. The number of hydrogen-bond acceptors (Lipinski definition) is 4. The van der Waals surface area contributed by atoms with Crippen LogP contribution < -0.4 is 10.1 Å². The zero-order valence-electron chi connectivity index (χ0n) is 21.5. The molecule has 0 bridgehead atoms. The summed E-state index contributed by atoms with van der Waals surface area (Å²) < 4.78 is 11.8. The highest BCUT2D eigenvalue weighted by atomic mass is 16.5. The molecule has 1 unspecified atom stereocenters. The monoisotopic (exact) mass is 506 g/mol. The Balaban J connectivity index is 1.21. The molecule has 5 heteroatoms. The molecule has 2 aliphatic heterocycles. The highest BCUT2D eigenvalue weighted by Gasteiger charge is 2.40. The van der Waals surface area contributed by atoms with Crippen LogP contribution in [0.1, 0.15) is 41.0 Å². The number of allylic oxidation sites excluding steroid dienone is 3. The number of carbonyl (C=O) groups is 1. The SMILES string of the molecule is O=C([C@@H]1CNC[C@H]1c1ccccc1C1C=CC(Oc2ccccc2)=CC1)N1CCOC[C@@H]1c1ccccc1. The number of carbonyl (C=O) groups excluding carboxylic acids is 1. The molecule has 0 spiro atoms. The number of rotatable bonds is 6. The summed E-state index contributed by atoms with van der Waals surface area (Å²) in [5.41, 5.74) is 3.71. The van der Waals surface area contributed by atoms with Gasteiger partial charge in [0.2, 0.25) is 5.91 Å². The molecule has 0 radical (unpaired) electrons. The van der Waals surface area contributed by atoms with Gasteiger partial charge in [0.15, 0.2) is 0 Å². The van der Waals surface area contributed by atoms with Crippen LogP contribution in [-0.2, 0) is 9.53 Å². The van der Waals surface area contributed by atoms with Crippen LogP contribution >= 0.6 is 0 Å².